The summed E-state index contributed by atoms with van der Waals surface area (Å²) in [5.41, 5.74) is 5.39. The van der Waals surface area contributed by atoms with Gasteiger partial charge in [-0.25, -0.2) is 9.97 Å². The molecule has 0 spiro atoms. The van der Waals surface area contributed by atoms with Gasteiger partial charge in [0.25, 0.3) is 5.91 Å². The van der Waals surface area contributed by atoms with Crippen LogP contribution in [0.1, 0.15) is 35.1 Å². The highest BCUT2D eigenvalue weighted by atomic mass is 16.5. The van der Waals surface area contributed by atoms with Gasteiger partial charge in [0.1, 0.15) is 6.10 Å². The van der Waals surface area contributed by atoms with E-state index in [1.807, 2.05) is 0 Å². The van der Waals surface area contributed by atoms with Crippen LogP contribution in [-0.2, 0) is 4.74 Å². The first kappa shape index (κ1) is 9.08. The smallest absolute Gasteiger partial charge is 0.251 e. The fraction of sp³-hybridized carbons (Fsp3) is 0.444. The Morgan fingerprint density at radius 1 is 1.50 bits per heavy atom. The van der Waals surface area contributed by atoms with Gasteiger partial charge in [0.05, 0.1) is 5.56 Å². The summed E-state index contributed by atoms with van der Waals surface area (Å²) in [6.07, 6.45) is 4.83. The zero-order valence-corrected chi connectivity index (χ0v) is 7.64. The third-order valence-corrected chi connectivity index (χ3v) is 2.17. The normalized spacial score (nSPS) is 21.0. The Bertz CT molecular complexity index is 330. The lowest BCUT2D eigenvalue weighted by atomic mass is 10.2. The molecule has 0 radical (unpaired) electrons. The number of aromatic nitrogens is 2. The van der Waals surface area contributed by atoms with Gasteiger partial charge >= 0.3 is 0 Å². The molecule has 2 heterocycles. The average molecular weight is 193 g/mol. The van der Waals surface area contributed by atoms with Gasteiger partial charge < -0.3 is 10.5 Å². The molecular weight excluding hydrogens is 182 g/mol. The van der Waals surface area contributed by atoms with Crippen molar-refractivity contribution >= 4 is 5.91 Å². The maximum Gasteiger partial charge on any atom is 0.251 e. The van der Waals surface area contributed by atoms with Crippen LogP contribution < -0.4 is 5.73 Å². The first-order chi connectivity index (χ1) is 6.77. The van der Waals surface area contributed by atoms with E-state index in [1.54, 1.807) is 0 Å². The van der Waals surface area contributed by atoms with E-state index in [0.717, 1.165) is 19.4 Å². The molecule has 14 heavy (non-hydrogen) atoms. The van der Waals surface area contributed by atoms with Crippen LogP contribution in [0, 0.1) is 0 Å². The number of amides is 1. The van der Waals surface area contributed by atoms with E-state index < -0.39 is 5.91 Å². The molecule has 1 aromatic heterocycles. The van der Waals surface area contributed by atoms with Crippen molar-refractivity contribution in [2.75, 3.05) is 6.61 Å². The summed E-state index contributed by atoms with van der Waals surface area (Å²) in [5.74, 6) is 0.122. The number of rotatable bonds is 2. The second-order valence-electron chi connectivity index (χ2n) is 3.20. The summed E-state index contributed by atoms with van der Waals surface area (Å²) in [7, 11) is 0. The van der Waals surface area contributed by atoms with Gasteiger partial charge in [-0.15, -0.1) is 0 Å². The van der Waals surface area contributed by atoms with Gasteiger partial charge in [0.15, 0.2) is 5.82 Å². The van der Waals surface area contributed by atoms with Gasteiger partial charge in [-0.2, -0.15) is 0 Å². The van der Waals surface area contributed by atoms with E-state index in [0.29, 0.717) is 11.4 Å². The molecule has 0 unspecified atom stereocenters. The van der Waals surface area contributed by atoms with Crippen molar-refractivity contribution in [3.63, 3.8) is 0 Å². The van der Waals surface area contributed by atoms with Crippen LogP contribution in [0.4, 0.5) is 0 Å². The second-order valence-corrected chi connectivity index (χ2v) is 3.20. The van der Waals surface area contributed by atoms with Gasteiger partial charge in [0, 0.05) is 19.0 Å². The molecule has 1 aliphatic heterocycles. The Labute approximate surface area is 81.3 Å². The topological polar surface area (TPSA) is 78.1 Å². The van der Waals surface area contributed by atoms with Crippen molar-refractivity contribution in [2.24, 2.45) is 5.73 Å². The highest BCUT2D eigenvalue weighted by Gasteiger charge is 2.20. The first-order valence-corrected chi connectivity index (χ1v) is 4.51. The number of carbonyl (C=O) groups is 1. The number of nitrogens with two attached hydrogens (primary N) is 1. The van der Waals surface area contributed by atoms with E-state index in [1.165, 1.54) is 12.4 Å². The summed E-state index contributed by atoms with van der Waals surface area (Å²) in [5, 5.41) is 0. The van der Waals surface area contributed by atoms with Crippen LogP contribution in [0.25, 0.3) is 0 Å². The number of ether oxygens (including phenoxy) is 1. The molecule has 1 atom stereocenters. The zero-order valence-electron chi connectivity index (χ0n) is 7.64. The Balaban J connectivity index is 2.16. The van der Waals surface area contributed by atoms with Crippen molar-refractivity contribution < 1.29 is 9.53 Å². The predicted molar refractivity (Wildman–Crippen MR) is 48.5 cm³/mol. The van der Waals surface area contributed by atoms with Crippen molar-refractivity contribution in [1.82, 2.24) is 9.97 Å². The SMILES string of the molecule is NC(=O)c1cnc([C@H]2CCCO2)nc1. The first-order valence-electron chi connectivity index (χ1n) is 4.51. The maximum atomic E-state index is 10.7. The lowest BCUT2D eigenvalue weighted by Gasteiger charge is -2.06. The van der Waals surface area contributed by atoms with Crippen molar-refractivity contribution in [1.29, 1.82) is 0 Å². The molecule has 5 nitrogen and oxygen atoms in total. The molecule has 0 aliphatic carbocycles. The molecule has 5 heteroatoms. The highest BCUT2D eigenvalue weighted by molar-refractivity contribution is 5.92. The van der Waals surface area contributed by atoms with E-state index in [9.17, 15) is 4.79 Å². The van der Waals surface area contributed by atoms with Crippen molar-refractivity contribution in [3.05, 3.63) is 23.8 Å². The van der Waals surface area contributed by atoms with Crippen molar-refractivity contribution in [2.45, 2.75) is 18.9 Å². The van der Waals surface area contributed by atoms with Crippen LogP contribution in [-0.4, -0.2) is 22.5 Å². The van der Waals surface area contributed by atoms with Gasteiger partial charge in [0.2, 0.25) is 0 Å². The van der Waals surface area contributed by atoms with Crippen LogP contribution in [0.5, 0.6) is 0 Å². The largest absolute Gasteiger partial charge is 0.370 e. The summed E-state index contributed by atoms with van der Waals surface area (Å²) >= 11 is 0. The number of hydrogen-bond acceptors (Lipinski definition) is 4. The second kappa shape index (κ2) is 3.71. The summed E-state index contributed by atoms with van der Waals surface area (Å²) in [6, 6.07) is 0. The van der Waals surface area contributed by atoms with Crippen molar-refractivity contribution in [3.8, 4) is 0 Å². The number of nitrogens with zero attached hydrogens (tertiary/aromatic N) is 2. The monoisotopic (exact) mass is 193 g/mol. The Kier molecular flexibility index (Phi) is 2.41. The van der Waals surface area contributed by atoms with Crippen LogP contribution >= 0.6 is 0 Å². The standard InChI is InChI=1S/C9H11N3O2/c10-8(13)6-4-11-9(12-5-6)7-2-1-3-14-7/h4-5,7H,1-3H2,(H2,10,13)/t7-/m1/s1. The third kappa shape index (κ3) is 1.72. The summed E-state index contributed by atoms with van der Waals surface area (Å²) < 4.78 is 5.40. The molecule has 1 aromatic rings. The Morgan fingerprint density at radius 3 is 2.71 bits per heavy atom. The van der Waals surface area contributed by atoms with E-state index in [-0.39, 0.29) is 6.10 Å². The predicted octanol–water partition coefficient (Wildman–Crippen LogP) is 0.427. The van der Waals surface area contributed by atoms with Crippen LogP contribution in [0.3, 0.4) is 0 Å². The fourth-order valence-electron chi connectivity index (χ4n) is 1.41. The molecule has 0 saturated carbocycles. The quantitative estimate of drug-likeness (QED) is 0.738. The van der Waals surface area contributed by atoms with Crippen LogP contribution in [0.15, 0.2) is 12.4 Å². The summed E-state index contributed by atoms with van der Waals surface area (Å²) in [4.78, 5) is 18.8. The molecular formula is C9H11N3O2. The van der Waals surface area contributed by atoms with Gasteiger partial charge in [-0.1, -0.05) is 0 Å². The van der Waals surface area contributed by atoms with E-state index >= 15 is 0 Å². The Morgan fingerprint density at radius 2 is 2.21 bits per heavy atom. The molecule has 1 saturated heterocycles. The fourth-order valence-corrected chi connectivity index (χ4v) is 1.41. The molecule has 1 fully saturated rings. The number of hydrogen-bond donors (Lipinski definition) is 1. The highest BCUT2D eigenvalue weighted by Crippen LogP contribution is 2.25. The van der Waals surface area contributed by atoms with E-state index in [4.69, 9.17) is 10.5 Å². The molecule has 1 aliphatic rings. The van der Waals surface area contributed by atoms with Crippen LogP contribution in [0.2, 0.25) is 0 Å². The summed E-state index contributed by atoms with van der Waals surface area (Å²) in [6.45, 7) is 0.756. The van der Waals surface area contributed by atoms with E-state index in [2.05, 4.69) is 9.97 Å². The molecule has 74 valence electrons. The Hall–Kier alpha value is -1.49. The number of carbonyl (C=O) groups excluding carboxylic acids is 1. The lowest BCUT2D eigenvalue weighted by molar-refractivity contribution is 0.0992. The zero-order chi connectivity index (χ0) is 9.97. The molecule has 2 rings (SSSR count). The molecule has 0 bridgehead atoms. The average Bonchev–Trinajstić information content (AvgIpc) is 2.71. The number of primary amides is 1. The lowest BCUT2D eigenvalue weighted by Crippen LogP contribution is -2.13. The van der Waals surface area contributed by atoms with Gasteiger partial charge in [-0.05, 0) is 12.8 Å². The minimum atomic E-state index is -0.510. The molecule has 1 amide bonds. The molecule has 2 N–H and O–H groups in total. The molecule has 0 aromatic carbocycles. The third-order valence-electron chi connectivity index (χ3n) is 2.17. The minimum Gasteiger partial charge on any atom is -0.370 e. The minimum absolute atomic E-state index is 0.0167. The van der Waals surface area contributed by atoms with Gasteiger partial charge in [-0.3, -0.25) is 4.79 Å². The maximum absolute atomic E-state index is 10.7.